The average molecular weight is 301 g/mol. The number of aryl methyl sites for hydroxylation is 1. The van der Waals surface area contributed by atoms with E-state index in [4.69, 9.17) is 15.9 Å². The fourth-order valence-electron chi connectivity index (χ4n) is 1.41. The van der Waals surface area contributed by atoms with Gasteiger partial charge in [-0.2, -0.15) is 0 Å². The Hall–Kier alpha value is -2.13. The number of nitrogens with two attached hydrogens (primary N) is 1. The van der Waals surface area contributed by atoms with Crippen LogP contribution in [0.25, 0.3) is 0 Å². The molecule has 1 rings (SSSR count). The Bertz CT molecular complexity index is 554. The molecule has 0 spiro atoms. The van der Waals surface area contributed by atoms with Crippen LogP contribution in [-0.4, -0.2) is 40.8 Å². The molecule has 0 saturated carbocycles. The molecule has 0 aliphatic heterocycles. The van der Waals surface area contributed by atoms with E-state index >= 15 is 0 Å². The van der Waals surface area contributed by atoms with Gasteiger partial charge in [-0.25, -0.2) is 9.59 Å². The fraction of sp³-hybridized carbons (Fsp3) is 0.364. The zero-order valence-electron chi connectivity index (χ0n) is 10.9. The number of carbonyl (C=O) groups excluding carboxylic acids is 2. The number of aromatic carboxylic acids is 1. The van der Waals surface area contributed by atoms with E-state index < -0.39 is 24.0 Å². The van der Waals surface area contributed by atoms with Crippen molar-refractivity contribution in [3.63, 3.8) is 0 Å². The van der Waals surface area contributed by atoms with E-state index in [0.717, 1.165) is 16.2 Å². The molecule has 1 unspecified atom stereocenters. The first-order chi connectivity index (χ1) is 9.23. The summed E-state index contributed by atoms with van der Waals surface area (Å²) in [6, 6.07) is -0.728. The highest BCUT2D eigenvalue weighted by atomic mass is 32.1. The lowest BCUT2D eigenvalue weighted by atomic mass is 10.1. The Labute approximate surface area is 118 Å². The van der Waals surface area contributed by atoms with Gasteiger partial charge in [0.1, 0.15) is 11.1 Å². The maximum Gasteiger partial charge on any atom is 0.338 e. The molecule has 0 fully saturated rings. The van der Waals surface area contributed by atoms with Crippen molar-refractivity contribution in [3.05, 3.63) is 16.0 Å². The largest absolute Gasteiger partial charge is 0.478 e. The maximum atomic E-state index is 11.6. The summed E-state index contributed by atoms with van der Waals surface area (Å²) in [5, 5.41) is 23.0. The van der Waals surface area contributed by atoms with Gasteiger partial charge >= 0.3 is 12.0 Å². The Balaban J connectivity index is 2.74. The molecule has 0 saturated heterocycles. The molecule has 0 aromatic carbocycles. The standard InChI is InChI=1S/C11H15N3O5S/c1-4-5(2)20-9(7(4)10(17)18)14-11(19)13-3-6(15)8(12)16/h6,15H,3H2,1-2H3,(H2,12,16)(H,17,18)(H2,13,14,19). The molecule has 0 bridgehead atoms. The molecular weight excluding hydrogens is 286 g/mol. The van der Waals surface area contributed by atoms with E-state index in [1.807, 2.05) is 0 Å². The number of primary amides is 1. The number of rotatable bonds is 5. The van der Waals surface area contributed by atoms with Gasteiger partial charge in [-0.3, -0.25) is 10.1 Å². The highest BCUT2D eigenvalue weighted by Crippen LogP contribution is 2.32. The topological polar surface area (TPSA) is 142 Å². The number of carboxylic acid groups (broad SMARTS) is 1. The number of aliphatic hydroxyl groups is 1. The summed E-state index contributed by atoms with van der Waals surface area (Å²) in [6.07, 6.45) is -1.49. The second-order valence-corrected chi connectivity index (χ2v) is 5.27. The van der Waals surface area contributed by atoms with E-state index in [0.29, 0.717) is 5.56 Å². The van der Waals surface area contributed by atoms with Gasteiger partial charge in [-0.15, -0.1) is 11.3 Å². The van der Waals surface area contributed by atoms with E-state index in [9.17, 15) is 14.4 Å². The zero-order valence-corrected chi connectivity index (χ0v) is 11.7. The summed E-state index contributed by atoms with van der Waals surface area (Å²) < 4.78 is 0. The number of urea groups is 1. The lowest BCUT2D eigenvalue weighted by Gasteiger charge is -2.09. The third-order valence-corrected chi connectivity index (χ3v) is 3.73. The molecule has 6 N–H and O–H groups in total. The van der Waals surface area contributed by atoms with Crippen molar-refractivity contribution in [1.82, 2.24) is 5.32 Å². The van der Waals surface area contributed by atoms with Gasteiger partial charge in [0.25, 0.3) is 0 Å². The van der Waals surface area contributed by atoms with Crippen molar-refractivity contribution in [2.24, 2.45) is 5.73 Å². The summed E-state index contributed by atoms with van der Waals surface area (Å²) in [5.74, 6) is -2.10. The minimum atomic E-state index is -1.49. The first-order valence-corrected chi connectivity index (χ1v) is 6.41. The number of hydrogen-bond donors (Lipinski definition) is 5. The van der Waals surface area contributed by atoms with E-state index in [2.05, 4.69) is 10.6 Å². The lowest BCUT2D eigenvalue weighted by molar-refractivity contribution is -0.125. The van der Waals surface area contributed by atoms with Gasteiger partial charge in [0.05, 0.1) is 12.1 Å². The van der Waals surface area contributed by atoms with Crippen LogP contribution in [0.4, 0.5) is 9.80 Å². The smallest absolute Gasteiger partial charge is 0.338 e. The summed E-state index contributed by atoms with van der Waals surface area (Å²) >= 11 is 1.13. The summed E-state index contributed by atoms with van der Waals surface area (Å²) in [4.78, 5) is 34.0. The molecule has 9 heteroatoms. The van der Waals surface area contributed by atoms with E-state index in [1.165, 1.54) is 0 Å². The number of carboxylic acids is 1. The Morgan fingerprint density at radius 3 is 2.45 bits per heavy atom. The number of carbonyl (C=O) groups is 3. The van der Waals surface area contributed by atoms with E-state index in [-0.39, 0.29) is 17.1 Å². The molecule has 0 aliphatic carbocycles. The fourth-order valence-corrected chi connectivity index (χ4v) is 2.46. The monoisotopic (exact) mass is 301 g/mol. The quantitative estimate of drug-likeness (QED) is 0.521. The Morgan fingerprint density at radius 2 is 1.95 bits per heavy atom. The predicted octanol–water partition coefficient (Wildman–Crippen LogP) is 0.0308. The van der Waals surface area contributed by atoms with Gasteiger partial charge in [0.15, 0.2) is 0 Å². The van der Waals surface area contributed by atoms with Crippen molar-refractivity contribution < 1.29 is 24.6 Å². The van der Waals surface area contributed by atoms with Crippen LogP contribution < -0.4 is 16.4 Å². The van der Waals surface area contributed by atoms with Crippen molar-refractivity contribution >= 4 is 34.2 Å². The van der Waals surface area contributed by atoms with Crippen molar-refractivity contribution in [3.8, 4) is 0 Å². The van der Waals surface area contributed by atoms with Crippen LogP contribution in [0.2, 0.25) is 0 Å². The summed E-state index contributed by atoms with van der Waals surface area (Å²) in [5.41, 5.74) is 5.43. The zero-order chi connectivity index (χ0) is 15.4. The predicted molar refractivity (Wildman–Crippen MR) is 73.0 cm³/mol. The number of aliphatic hydroxyl groups excluding tert-OH is 1. The lowest BCUT2D eigenvalue weighted by Crippen LogP contribution is -2.41. The van der Waals surface area contributed by atoms with Crippen molar-refractivity contribution in [1.29, 1.82) is 0 Å². The molecular formula is C11H15N3O5S. The third-order valence-electron chi connectivity index (χ3n) is 2.61. The van der Waals surface area contributed by atoms with Gasteiger partial charge < -0.3 is 21.3 Å². The van der Waals surface area contributed by atoms with Crippen LogP contribution in [-0.2, 0) is 4.79 Å². The third kappa shape index (κ3) is 3.68. The number of amides is 3. The summed E-state index contributed by atoms with van der Waals surface area (Å²) in [6.45, 7) is 3.04. The second-order valence-electron chi connectivity index (χ2n) is 4.05. The van der Waals surface area contributed by atoms with Crippen LogP contribution in [0.15, 0.2) is 0 Å². The normalized spacial score (nSPS) is 11.8. The molecule has 20 heavy (non-hydrogen) atoms. The first-order valence-electron chi connectivity index (χ1n) is 5.59. The van der Waals surface area contributed by atoms with Crippen LogP contribution in [0.1, 0.15) is 20.8 Å². The highest BCUT2D eigenvalue weighted by molar-refractivity contribution is 7.16. The van der Waals surface area contributed by atoms with Crippen LogP contribution in [0, 0.1) is 13.8 Å². The highest BCUT2D eigenvalue weighted by Gasteiger charge is 2.20. The SMILES string of the molecule is Cc1sc(NC(=O)NCC(O)C(N)=O)c(C(=O)O)c1C. The van der Waals surface area contributed by atoms with Gasteiger partial charge in [-0.1, -0.05) is 0 Å². The summed E-state index contributed by atoms with van der Waals surface area (Å²) in [7, 11) is 0. The molecule has 1 aromatic rings. The minimum absolute atomic E-state index is 0.0260. The second kappa shape index (κ2) is 6.35. The van der Waals surface area contributed by atoms with Crippen LogP contribution in [0.5, 0.6) is 0 Å². The molecule has 3 amide bonds. The number of anilines is 1. The molecule has 0 aliphatic rings. The Morgan fingerprint density at radius 1 is 1.35 bits per heavy atom. The molecule has 8 nitrogen and oxygen atoms in total. The first kappa shape index (κ1) is 15.9. The molecule has 1 heterocycles. The number of hydrogen-bond acceptors (Lipinski definition) is 5. The van der Waals surface area contributed by atoms with Gasteiger partial charge in [0, 0.05) is 4.88 Å². The number of thiophene rings is 1. The van der Waals surface area contributed by atoms with Gasteiger partial charge in [0.2, 0.25) is 5.91 Å². The molecule has 0 radical (unpaired) electrons. The average Bonchev–Trinajstić information content (AvgIpc) is 2.61. The number of nitrogens with one attached hydrogen (secondary N) is 2. The van der Waals surface area contributed by atoms with Crippen LogP contribution >= 0.6 is 11.3 Å². The minimum Gasteiger partial charge on any atom is -0.478 e. The van der Waals surface area contributed by atoms with Gasteiger partial charge in [-0.05, 0) is 19.4 Å². The maximum absolute atomic E-state index is 11.6. The Kier molecular flexibility index (Phi) is 5.06. The van der Waals surface area contributed by atoms with Crippen molar-refractivity contribution in [2.75, 3.05) is 11.9 Å². The van der Waals surface area contributed by atoms with Crippen molar-refractivity contribution in [2.45, 2.75) is 20.0 Å². The molecule has 1 aromatic heterocycles. The molecule has 110 valence electrons. The van der Waals surface area contributed by atoms with Crippen LogP contribution in [0.3, 0.4) is 0 Å². The van der Waals surface area contributed by atoms with E-state index in [1.54, 1.807) is 13.8 Å². The molecule has 1 atom stereocenters.